The molecule has 0 spiro atoms. The second-order valence-electron chi connectivity index (χ2n) is 5.69. The third-order valence-corrected chi connectivity index (χ3v) is 5.74. The SMILES string of the molecule is Clc1ccc([C@]2(CBr)OC[C@H](OCc3ccc(Br)cc3)CO2)c(Cl)c1. The van der Waals surface area contributed by atoms with Crippen LogP contribution in [-0.4, -0.2) is 24.6 Å². The van der Waals surface area contributed by atoms with Gasteiger partial charge in [0.1, 0.15) is 6.10 Å². The molecule has 0 N–H and O–H groups in total. The number of hydrogen-bond acceptors (Lipinski definition) is 3. The lowest BCUT2D eigenvalue weighted by atomic mass is 10.1. The molecule has 2 aromatic carbocycles. The van der Waals surface area contributed by atoms with E-state index in [4.69, 9.17) is 37.4 Å². The van der Waals surface area contributed by atoms with Crippen molar-refractivity contribution in [3.8, 4) is 0 Å². The lowest BCUT2D eigenvalue weighted by Gasteiger charge is -2.39. The monoisotopic (exact) mass is 508 g/mol. The summed E-state index contributed by atoms with van der Waals surface area (Å²) in [5.41, 5.74) is 1.85. The molecular weight excluding hydrogens is 495 g/mol. The summed E-state index contributed by atoms with van der Waals surface area (Å²) in [6, 6.07) is 13.3. The first-order chi connectivity index (χ1) is 12.0. The molecule has 0 unspecified atom stereocenters. The van der Waals surface area contributed by atoms with Crippen molar-refractivity contribution < 1.29 is 14.2 Å². The van der Waals surface area contributed by atoms with Gasteiger partial charge in [0.2, 0.25) is 5.79 Å². The molecule has 3 rings (SSSR count). The van der Waals surface area contributed by atoms with E-state index >= 15 is 0 Å². The molecule has 0 bridgehead atoms. The molecule has 1 aliphatic heterocycles. The molecule has 25 heavy (non-hydrogen) atoms. The van der Waals surface area contributed by atoms with Crippen molar-refractivity contribution in [3.63, 3.8) is 0 Å². The molecule has 7 heteroatoms. The molecule has 0 aliphatic carbocycles. The minimum Gasteiger partial charge on any atom is -0.369 e. The quantitative estimate of drug-likeness (QED) is 0.466. The first-order valence-electron chi connectivity index (χ1n) is 7.68. The van der Waals surface area contributed by atoms with Crippen LogP contribution >= 0.6 is 55.1 Å². The number of alkyl halides is 1. The van der Waals surface area contributed by atoms with E-state index in [9.17, 15) is 0 Å². The van der Waals surface area contributed by atoms with Crippen molar-refractivity contribution in [3.05, 3.63) is 68.1 Å². The molecule has 1 saturated heterocycles. The summed E-state index contributed by atoms with van der Waals surface area (Å²) >= 11 is 19.2. The van der Waals surface area contributed by atoms with Gasteiger partial charge in [-0.15, -0.1) is 0 Å². The van der Waals surface area contributed by atoms with E-state index < -0.39 is 5.79 Å². The Morgan fingerprint density at radius 1 is 1.08 bits per heavy atom. The molecule has 2 aromatic rings. The maximum absolute atomic E-state index is 6.32. The zero-order chi connectivity index (χ0) is 17.9. The molecule has 1 heterocycles. The zero-order valence-electron chi connectivity index (χ0n) is 13.2. The molecule has 0 atom stereocenters. The fraction of sp³-hybridized carbons (Fsp3) is 0.333. The van der Waals surface area contributed by atoms with E-state index in [-0.39, 0.29) is 6.10 Å². The molecule has 0 aromatic heterocycles. The lowest BCUT2D eigenvalue weighted by Crippen LogP contribution is -2.46. The molecule has 3 nitrogen and oxygen atoms in total. The Hall–Kier alpha value is -0.140. The van der Waals surface area contributed by atoms with E-state index in [2.05, 4.69) is 31.9 Å². The normalized spacial score (nSPS) is 23.6. The van der Waals surface area contributed by atoms with Crippen LogP contribution in [0.4, 0.5) is 0 Å². The van der Waals surface area contributed by atoms with Crippen LogP contribution < -0.4 is 0 Å². The standard InChI is InChI=1S/C18H16Br2Cl2O3/c19-11-18(16-6-5-14(21)7-17(16)22)24-9-15(10-25-18)23-8-12-1-3-13(20)4-2-12/h1-7,15H,8-11H2/t15-,18+. The van der Waals surface area contributed by atoms with Gasteiger partial charge in [0.05, 0.1) is 30.2 Å². The fourth-order valence-corrected chi connectivity index (χ4v) is 3.98. The van der Waals surface area contributed by atoms with Gasteiger partial charge < -0.3 is 14.2 Å². The maximum atomic E-state index is 6.32. The van der Waals surface area contributed by atoms with Crippen LogP contribution in [0.25, 0.3) is 0 Å². The highest BCUT2D eigenvalue weighted by molar-refractivity contribution is 9.10. The second kappa shape index (κ2) is 8.70. The maximum Gasteiger partial charge on any atom is 0.206 e. The van der Waals surface area contributed by atoms with Gasteiger partial charge in [-0.1, -0.05) is 73.3 Å². The van der Waals surface area contributed by atoms with Gasteiger partial charge in [0, 0.05) is 15.1 Å². The predicted molar refractivity (Wildman–Crippen MR) is 107 cm³/mol. The van der Waals surface area contributed by atoms with Crippen LogP contribution in [-0.2, 0) is 26.6 Å². The van der Waals surface area contributed by atoms with Crippen LogP contribution in [0.15, 0.2) is 46.9 Å². The smallest absolute Gasteiger partial charge is 0.206 e. The van der Waals surface area contributed by atoms with E-state index in [0.29, 0.717) is 35.2 Å². The summed E-state index contributed by atoms with van der Waals surface area (Å²) in [4.78, 5) is 0. The Kier molecular flexibility index (Phi) is 6.83. The highest BCUT2D eigenvalue weighted by Crippen LogP contribution is 2.38. The Balaban J connectivity index is 1.62. The minimum atomic E-state index is -0.931. The van der Waals surface area contributed by atoms with Crippen molar-refractivity contribution >= 4 is 55.1 Å². The summed E-state index contributed by atoms with van der Waals surface area (Å²) in [6.07, 6.45) is -0.137. The summed E-state index contributed by atoms with van der Waals surface area (Å²) in [5, 5.41) is 1.55. The molecule has 0 amide bonds. The Morgan fingerprint density at radius 3 is 2.36 bits per heavy atom. The van der Waals surface area contributed by atoms with Crippen LogP contribution in [0.1, 0.15) is 11.1 Å². The molecule has 134 valence electrons. The van der Waals surface area contributed by atoms with Gasteiger partial charge in [-0.2, -0.15) is 0 Å². The van der Waals surface area contributed by atoms with Crippen molar-refractivity contribution in [2.75, 3.05) is 18.5 Å². The molecular formula is C18H16Br2Cl2O3. The van der Waals surface area contributed by atoms with Gasteiger partial charge in [-0.25, -0.2) is 0 Å². The molecule has 0 radical (unpaired) electrons. The summed E-state index contributed by atoms with van der Waals surface area (Å²) in [6.45, 7) is 1.34. The third-order valence-electron chi connectivity index (χ3n) is 3.92. The Bertz CT molecular complexity index is 717. The van der Waals surface area contributed by atoms with Crippen LogP contribution in [0.3, 0.4) is 0 Å². The van der Waals surface area contributed by atoms with Gasteiger partial charge in [-0.3, -0.25) is 0 Å². The minimum absolute atomic E-state index is 0.137. The highest BCUT2D eigenvalue weighted by atomic mass is 79.9. The number of ether oxygens (including phenoxy) is 3. The van der Waals surface area contributed by atoms with E-state index in [1.807, 2.05) is 30.3 Å². The number of halogens is 4. The van der Waals surface area contributed by atoms with Crippen molar-refractivity contribution in [2.45, 2.75) is 18.5 Å². The molecule has 1 fully saturated rings. The van der Waals surface area contributed by atoms with E-state index in [1.54, 1.807) is 12.1 Å². The zero-order valence-corrected chi connectivity index (χ0v) is 17.9. The van der Waals surface area contributed by atoms with Gasteiger partial charge in [0.15, 0.2) is 0 Å². The second-order valence-corrected chi connectivity index (χ2v) is 8.01. The summed E-state index contributed by atoms with van der Waals surface area (Å²) in [7, 11) is 0. The number of rotatable bonds is 5. The van der Waals surface area contributed by atoms with Crippen molar-refractivity contribution in [1.29, 1.82) is 0 Å². The largest absolute Gasteiger partial charge is 0.369 e. The lowest BCUT2D eigenvalue weighted by molar-refractivity contribution is -0.294. The van der Waals surface area contributed by atoms with Gasteiger partial charge in [0.25, 0.3) is 0 Å². The van der Waals surface area contributed by atoms with Crippen LogP contribution in [0.5, 0.6) is 0 Å². The predicted octanol–water partition coefficient (Wildman–Crippen LogP) is 5.94. The van der Waals surface area contributed by atoms with Crippen LogP contribution in [0, 0.1) is 0 Å². The van der Waals surface area contributed by atoms with E-state index in [0.717, 1.165) is 15.6 Å². The number of benzene rings is 2. The fourth-order valence-electron chi connectivity index (χ4n) is 2.54. The summed E-state index contributed by atoms with van der Waals surface area (Å²) < 4.78 is 19.0. The number of hydrogen-bond donors (Lipinski definition) is 0. The topological polar surface area (TPSA) is 27.7 Å². The van der Waals surface area contributed by atoms with E-state index in [1.165, 1.54) is 0 Å². The third kappa shape index (κ3) is 4.78. The first-order valence-corrected chi connectivity index (χ1v) is 10.3. The molecule has 0 saturated carbocycles. The van der Waals surface area contributed by atoms with Gasteiger partial charge >= 0.3 is 0 Å². The van der Waals surface area contributed by atoms with Crippen molar-refractivity contribution in [1.82, 2.24) is 0 Å². The Morgan fingerprint density at radius 2 is 1.76 bits per heavy atom. The average Bonchev–Trinajstić information content (AvgIpc) is 2.62. The van der Waals surface area contributed by atoms with Crippen molar-refractivity contribution in [2.24, 2.45) is 0 Å². The Labute approximate surface area is 173 Å². The first kappa shape index (κ1) is 19.6. The highest BCUT2D eigenvalue weighted by Gasteiger charge is 2.40. The summed E-state index contributed by atoms with van der Waals surface area (Å²) in [5.74, 6) is -0.931. The van der Waals surface area contributed by atoms with Gasteiger partial charge in [-0.05, 0) is 29.8 Å². The molecule has 1 aliphatic rings. The van der Waals surface area contributed by atoms with Crippen LogP contribution in [0.2, 0.25) is 10.0 Å². The average molecular weight is 511 g/mol.